The number of halogens is 4. The summed E-state index contributed by atoms with van der Waals surface area (Å²) in [5, 5.41) is 0. The summed E-state index contributed by atoms with van der Waals surface area (Å²) in [7, 11) is 0. The van der Waals surface area contributed by atoms with Crippen molar-refractivity contribution in [2.24, 2.45) is 0 Å². The van der Waals surface area contributed by atoms with Gasteiger partial charge in [-0.25, -0.2) is 9.37 Å². The second kappa shape index (κ2) is 4.33. The Morgan fingerprint density at radius 2 is 1.70 bits per heavy atom. The molecular weight excluding hydrogens is 272 g/mol. The molecule has 2 nitrogen and oxygen atoms in total. The summed E-state index contributed by atoms with van der Waals surface area (Å²) in [6.45, 7) is 0. The first-order chi connectivity index (χ1) is 9.45. The van der Waals surface area contributed by atoms with Crippen LogP contribution in [0.15, 0.2) is 48.8 Å². The number of fused-ring (bicyclic) bond motifs is 1. The van der Waals surface area contributed by atoms with E-state index in [2.05, 4.69) is 4.98 Å². The van der Waals surface area contributed by atoms with E-state index in [9.17, 15) is 17.6 Å². The number of benzene rings is 1. The first kappa shape index (κ1) is 12.7. The molecule has 3 aromatic rings. The molecule has 20 heavy (non-hydrogen) atoms. The van der Waals surface area contributed by atoms with Crippen LogP contribution >= 0.6 is 0 Å². The van der Waals surface area contributed by atoms with Gasteiger partial charge in [0.05, 0.1) is 11.3 Å². The van der Waals surface area contributed by atoms with Crippen LogP contribution in [0.4, 0.5) is 17.6 Å². The number of hydrogen-bond donors (Lipinski definition) is 0. The van der Waals surface area contributed by atoms with E-state index in [1.165, 1.54) is 47.1 Å². The Bertz CT molecular complexity index is 774. The van der Waals surface area contributed by atoms with E-state index in [1.54, 1.807) is 0 Å². The number of pyridine rings is 1. The fourth-order valence-corrected chi connectivity index (χ4v) is 2.05. The van der Waals surface area contributed by atoms with Crippen molar-refractivity contribution in [3.8, 4) is 11.3 Å². The van der Waals surface area contributed by atoms with Gasteiger partial charge >= 0.3 is 6.18 Å². The fraction of sp³-hybridized carbons (Fsp3) is 0.0714. The van der Waals surface area contributed by atoms with E-state index >= 15 is 0 Å². The summed E-state index contributed by atoms with van der Waals surface area (Å²) >= 11 is 0. The van der Waals surface area contributed by atoms with Crippen LogP contribution in [0.1, 0.15) is 5.56 Å². The van der Waals surface area contributed by atoms with Crippen molar-refractivity contribution in [3.05, 3.63) is 60.2 Å². The molecule has 0 radical (unpaired) electrons. The maximum absolute atomic E-state index is 13.1. The monoisotopic (exact) mass is 280 g/mol. The minimum Gasteiger partial charge on any atom is -0.304 e. The van der Waals surface area contributed by atoms with Gasteiger partial charge in [-0.2, -0.15) is 13.2 Å². The second-order valence-electron chi connectivity index (χ2n) is 4.28. The Morgan fingerprint density at radius 1 is 0.950 bits per heavy atom. The first-order valence-corrected chi connectivity index (χ1v) is 5.76. The van der Waals surface area contributed by atoms with Gasteiger partial charge in [-0.3, -0.25) is 0 Å². The van der Waals surface area contributed by atoms with Crippen molar-refractivity contribution in [1.82, 2.24) is 9.38 Å². The molecule has 0 spiro atoms. The lowest BCUT2D eigenvalue weighted by atomic mass is 10.1. The van der Waals surface area contributed by atoms with E-state index in [0.29, 0.717) is 5.65 Å². The van der Waals surface area contributed by atoms with Crippen molar-refractivity contribution in [1.29, 1.82) is 0 Å². The van der Waals surface area contributed by atoms with E-state index < -0.39 is 17.6 Å². The predicted molar refractivity (Wildman–Crippen MR) is 65.6 cm³/mol. The highest BCUT2D eigenvalue weighted by Gasteiger charge is 2.33. The molecule has 0 unspecified atom stereocenters. The maximum Gasteiger partial charge on any atom is 0.417 e. The molecule has 0 bridgehead atoms. The molecule has 0 N–H and O–H groups in total. The zero-order chi connectivity index (χ0) is 14.3. The molecular formula is C14H8F4N2. The largest absolute Gasteiger partial charge is 0.417 e. The first-order valence-electron chi connectivity index (χ1n) is 5.76. The summed E-state index contributed by atoms with van der Waals surface area (Å²) in [5.74, 6) is -0.481. The Balaban J connectivity index is 2.21. The van der Waals surface area contributed by atoms with Crippen LogP contribution in [0.5, 0.6) is 0 Å². The van der Waals surface area contributed by atoms with Crippen molar-refractivity contribution in [3.63, 3.8) is 0 Å². The van der Waals surface area contributed by atoms with Crippen LogP contribution in [-0.4, -0.2) is 9.38 Å². The van der Waals surface area contributed by atoms with Crippen molar-refractivity contribution in [2.45, 2.75) is 6.18 Å². The molecule has 0 aliphatic carbocycles. The molecule has 1 aromatic carbocycles. The van der Waals surface area contributed by atoms with E-state index in [1.807, 2.05) is 0 Å². The number of imidazole rings is 1. The molecule has 0 atom stereocenters. The van der Waals surface area contributed by atoms with Crippen LogP contribution < -0.4 is 0 Å². The molecule has 102 valence electrons. The number of alkyl halides is 3. The lowest BCUT2D eigenvalue weighted by Gasteiger charge is -2.10. The number of nitrogens with zero attached hydrogens (tertiary/aromatic N) is 2. The van der Waals surface area contributed by atoms with Crippen molar-refractivity contribution < 1.29 is 17.6 Å². The Kier molecular flexibility index (Phi) is 2.74. The third-order valence-electron chi connectivity index (χ3n) is 2.92. The molecule has 2 aromatic heterocycles. The maximum atomic E-state index is 13.1. The zero-order valence-electron chi connectivity index (χ0n) is 10.0. The van der Waals surface area contributed by atoms with Gasteiger partial charge in [-0.1, -0.05) is 18.2 Å². The van der Waals surface area contributed by atoms with Gasteiger partial charge in [-0.05, 0) is 18.2 Å². The Labute approximate surface area is 111 Å². The van der Waals surface area contributed by atoms with Crippen molar-refractivity contribution >= 4 is 5.65 Å². The highest BCUT2D eigenvalue weighted by Crippen LogP contribution is 2.36. The second-order valence-corrected chi connectivity index (χ2v) is 4.28. The highest BCUT2D eigenvalue weighted by atomic mass is 19.4. The molecule has 0 fully saturated rings. The van der Waals surface area contributed by atoms with Crippen LogP contribution in [0.2, 0.25) is 0 Å². The lowest BCUT2D eigenvalue weighted by molar-refractivity contribution is -0.137. The predicted octanol–water partition coefficient (Wildman–Crippen LogP) is 4.16. The minimum atomic E-state index is -4.46. The topological polar surface area (TPSA) is 17.3 Å². The summed E-state index contributed by atoms with van der Waals surface area (Å²) in [6, 6.07) is 7.80. The molecule has 3 rings (SSSR count). The van der Waals surface area contributed by atoms with Gasteiger partial charge in [0, 0.05) is 18.0 Å². The molecule has 0 aliphatic heterocycles. The van der Waals surface area contributed by atoms with Gasteiger partial charge in [0.2, 0.25) is 0 Å². The average Bonchev–Trinajstić information content (AvgIpc) is 2.80. The Morgan fingerprint density at radius 3 is 2.45 bits per heavy atom. The van der Waals surface area contributed by atoms with E-state index in [4.69, 9.17) is 0 Å². The van der Waals surface area contributed by atoms with Gasteiger partial charge < -0.3 is 4.40 Å². The van der Waals surface area contributed by atoms with Gasteiger partial charge in [-0.15, -0.1) is 0 Å². The standard InChI is InChI=1S/C14H8F4N2/c15-9-5-6-13-19-12(8-20(13)7-9)10-3-1-2-4-11(10)14(16,17)18/h1-8H. The summed E-state index contributed by atoms with van der Waals surface area (Å²) in [6.07, 6.45) is -1.91. The van der Waals surface area contributed by atoms with Gasteiger partial charge in [0.1, 0.15) is 11.5 Å². The number of rotatable bonds is 1. The van der Waals surface area contributed by atoms with Crippen LogP contribution in [-0.2, 0) is 6.18 Å². The normalized spacial score (nSPS) is 12.0. The third kappa shape index (κ3) is 2.13. The quantitative estimate of drug-likeness (QED) is 0.612. The molecule has 0 amide bonds. The van der Waals surface area contributed by atoms with E-state index in [-0.39, 0.29) is 11.3 Å². The SMILES string of the molecule is Fc1ccc2nc(-c3ccccc3C(F)(F)F)cn2c1. The summed E-state index contributed by atoms with van der Waals surface area (Å²) in [4.78, 5) is 4.09. The lowest BCUT2D eigenvalue weighted by Crippen LogP contribution is -2.06. The Hall–Kier alpha value is -2.37. The van der Waals surface area contributed by atoms with Crippen molar-refractivity contribution in [2.75, 3.05) is 0 Å². The number of aromatic nitrogens is 2. The highest BCUT2D eigenvalue weighted by molar-refractivity contribution is 5.66. The molecule has 0 saturated carbocycles. The smallest absolute Gasteiger partial charge is 0.304 e. The van der Waals surface area contributed by atoms with Gasteiger partial charge in [0.15, 0.2) is 0 Å². The van der Waals surface area contributed by atoms with Crippen LogP contribution in [0, 0.1) is 5.82 Å². The molecule has 6 heteroatoms. The molecule has 0 aliphatic rings. The number of hydrogen-bond acceptors (Lipinski definition) is 1. The molecule has 2 heterocycles. The van der Waals surface area contributed by atoms with Gasteiger partial charge in [0.25, 0.3) is 0 Å². The zero-order valence-corrected chi connectivity index (χ0v) is 10.0. The average molecular weight is 280 g/mol. The minimum absolute atomic E-state index is 0.0240. The van der Waals surface area contributed by atoms with E-state index in [0.717, 1.165) is 6.07 Å². The van der Waals surface area contributed by atoms with Crippen LogP contribution in [0.25, 0.3) is 16.9 Å². The fourth-order valence-electron chi connectivity index (χ4n) is 2.05. The van der Waals surface area contributed by atoms with Crippen LogP contribution in [0.3, 0.4) is 0 Å². The third-order valence-corrected chi connectivity index (χ3v) is 2.92. The molecule has 0 saturated heterocycles. The summed E-state index contributed by atoms with van der Waals surface area (Å²) in [5.41, 5.74) is -0.241. The summed E-state index contributed by atoms with van der Waals surface area (Å²) < 4.78 is 53.3.